The van der Waals surface area contributed by atoms with E-state index in [-0.39, 0.29) is 0 Å². The molecule has 0 aromatic heterocycles. The van der Waals surface area contributed by atoms with Crippen LogP contribution in [0.2, 0.25) is 5.02 Å². The van der Waals surface area contributed by atoms with Crippen LogP contribution in [0, 0.1) is 13.8 Å². The molecule has 2 amide bonds. The number of carbonyl (C=O) groups excluding carboxylic acids is 2. The first-order valence-corrected chi connectivity index (χ1v) is 10.9. The number of benzene rings is 3. The van der Waals surface area contributed by atoms with Crippen LogP contribution in [0.1, 0.15) is 29.2 Å². The van der Waals surface area contributed by atoms with E-state index in [4.69, 9.17) is 21.1 Å². The molecule has 0 spiro atoms. The summed E-state index contributed by atoms with van der Waals surface area (Å²) >= 11 is 5.91. The van der Waals surface area contributed by atoms with Crippen LogP contribution < -0.4 is 20.2 Å². The maximum atomic E-state index is 12.3. The van der Waals surface area contributed by atoms with Crippen LogP contribution in [0.4, 0.5) is 5.69 Å². The minimum atomic E-state index is -0.864. The van der Waals surface area contributed by atoms with Gasteiger partial charge in [0.25, 0.3) is 0 Å². The number of nitrogens with zero attached hydrogens (tertiary/aromatic N) is 1. The summed E-state index contributed by atoms with van der Waals surface area (Å²) in [6.07, 6.45) is 0. The van der Waals surface area contributed by atoms with Crippen molar-refractivity contribution in [1.82, 2.24) is 5.43 Å². The molecule has 2 N–H and O–H groups in total. The molecular formula is C26H26ClN3O4. The van der Waals surface area contributed by atoms with E-state index in [0.29, 0.717) is 40.1 Å². The quantitative estimate of drug-likeness (QED) is 0.283. The molecule has 0 atom stereocenters. The van der Waals surface area contributed by atoms with Crippen LogP contribution in [0.5, 0.6) is 11.5 Å². The van der Waals surface area contributed by atoms with Crippen molar-refractivity contribution in [3.05, 3.63) is 87.9 Å². The van der Waals surface area contributed by atoms with E-state index in [1.807, 2.05) is 44.2 Å². The molecule has 8 heteroatoms. The number of halogens is 1. The minimum Gasteiger partial charge on any atom is -0.493 e. The summed E-state index contributed by atoms with van der Waals surface area (Å²) in [6.45, 7) is 5.79. The molecular weight excluding hydrogens is 454 g/mol. The van der Waals surface area contributed by atoms with Crippen LogP contribution in [0.15, 0.2) is 65.8 Å². The van der Waals surface area contributed by atoms with Crippen molar-refractivity contribution >= 4 is 34.8 Å². The average Bonchev–Trinajstić information content (AvgIpc) is 2.84. The molecule has 7 nitrogen and oxygen atoms in total. The molecule has 0 bridgehead atoms. The molecule has 0 fully saturated rings. The highest BCUT2D eigenvalue weighted by atomic mass is 35.5. The Kier molecular flexibility index (Phi) is 8.27. The Morgan fingerprint density at radius 3 is 2.26 bits per heavy atom. The molecule has 0 saturated heterocycles. The van der Waals surface area contributed by atoms with Crippen molar-refractivity contribution in [3.8, 4) is 11.5 Å². The monoisotopic (exact) mass is 479 g/mol. The second kappa shape index (κ2) is 11.3. The maximum absolute atomic E-state index is 12.3. The number of nitrogens with one attached hydrogen (secondary N) is 2. The van der Waals surface area contributed by atoms with Crippen LogP contribution in [-0.2, 0) is 16.2 Å². The van der Waals surface area contributed by atoms with Gasteiger partial charge in [0.05, 0.1) is 12.8 Å². The molecule has 3 aromatic carbocycles. The van der Waals surface area contributed by atoms with E-state index in [2.05, 4.69) is 15.8 Å². The van der Waals surface area contributed by atoms with Gasteiger partial charge < -0.3 is 14.8 Å². The fraction of sp³-hybridized carbons (Fsp3) is 0.192. The fourth-order valence-electron chi connectivity index (χ4n) is 3.19. The lowest BCUT2D eigenvalue weighted by Crippen LogP contribution is -2.33. The number of hydrogen-bond acceptors (Lipinski definition) is 5. The number of aryl methyl sites for hydroxylation is 2. The molecule has 0 radical (unpaired) electrons. The van der Waals surface area contributed by atoms with E-state index in [1.54, 1.807) is 44.4 Å². The number of para-hydroxylation sites is 1. The number of ether oxygens (including phenoxy) is 2. The largest absolute Gasteiger partial charge is 0.493 e. The van der Waals surface area contributed by atoms with E-state index >= 15 is 0 Å². The highest BCUT2D eigenvalue weighted by Crippen LogP contribution is 2.29. The maximum Gasteiger partial charge on any atom is 0.329 e. The van der Waals surface area contributed by atoms with E-state index in [9.17, 15) is 9.59 Å². The molecule has 3 rings (SSSR count). The van der Waals surface area contributed by atoms with Crippen LogP contribution in [0.25, 0.3) is 0 Å². The van der Waals surface area contributed by atoms with Gasteiger partial charge in [-0.2, -0.15) is 5.10 Å². The zero-order valence-electron chi connectivity index (χ0n) is 19.4. The predicted molar refractivity (Wildman–Crippen MR) is 134 cm³/mol. The minimum absolute atomic E-state index is 0.353. The summed E-state index contributed by atoms with van der Waals surface area (Å²) < 4.78 is 11.3. The SMILES string of the molecule is COc1cc(C(C)=NNC(=O)C(=O)Nc2c(C)cccc2C)ccc1OCc1ccc(Cl)cc1. The highest BCUT2D eigenvalue weighted by Gasteiger charge is 2.16. The second-order valence-electron chi connectivity index (χ2n) is 7.64. The Bertz CT molecular complexity index is 1200. The zero-order chi connectivity index (χ0) is 24.7. The number of rotatable bonds is 7. The summed E-state index contributed by atoms with van der Waals surface area (Å²) in [5.74, 6) is -0.583. The summed E-state index contributed by atoms with van der Waals surface area (Å²) in [7, 11) is 1.54. The van der Waals surface area contributed by atoms with Gasteiger partial charge in [-0.05, 0) is 67.8 Å². The average molecular weight is 480 g/mol. The van der Waals surface area contributed by atoms with Gasteiger partial charge in [0.15, 0.2) is 11.5 Å². The van der Waals surface area contributed by atoms with Crippen molar-refractivity contribution in [2.75, 3.05) is 12.4 Å². The van der Waals surface area contributed by atoms with Gasteiger partial charge in [0, 0.05) is 16.3 Å². The molecule has 0 aliphatic heterocycles. The third-order valence-corrected chi connectivity index (χ3v) is 5.39. The van der Waals surface area contributed by atoms with Gasteiger partial charge in [0.2, 0.25) is 0 Å². The Morgan fingerprint density at radius 1 is 0.941 bits per heavy atom. The van der Waals surface area contributed by atoms with Crippen LogP contribution in [-0.4, -0.2) is 24.6 Å². The molecule has 176 valence electrons. The summed E-state index contributed by atoms with van der Waals surface area (Å²) in [5.41, 5.74) is 6.81. The normalized spacial score (nSPS) is 11.0. The Labute approximate surface area is 203 Å². The van der Waals surface area contributed by atoms with Crippen molar-refractivity contribution < 1.29 is 19.1 Å². The summed E-state index contributed by atoms with van der Waals surface area (Å²) in [6, 6.07) is 18.3. The lowest BCUT2D eigenvalue weighted by atomic mass is 10.1. The number of amides is 2. The first kappa shape index (κ1) is 24.8. The van der Waals surface area contributed by atoms with Crippen molar-refractivity contribution in [2.45, 2.75) is 27.4 Å². The number of hydrogen-bond donors (Lipinski definition) is 2. The predicted octanol–water partition coefficient (Wildman–Crippen LogP) is 5.02. The lowest BCUT2D eigenvalue weighted by molar-refractivity contribution is -0.136. The second-order valence-corrected chi connectivity index (χ2v) is 8.08. The van der Waals surface area contributed by atoms with Gasteiger partial charge in [0.1, 0.15) is 6.61 Å². The molecule has 0 aliphatic carbocycles. The Balaban J connectivity index is 1.64. The van der Waals surface area contributed by atoms with E-state index in [1.165, 1.54) is 0 Å². The lowest BCUT2D eigenvalue weighted by Gasteiger charge is -2.13. The standard InChI is InChI=1S/C26H26ClN3O4/c1-16-6-5-7-17(2)24(16)28-25(31)26(32)30-29-18(3)20-10-13-22(23(14-20)33-4)34-15-19-8-11-21(27)12-9-19/h5-14H,15H2,1-4H3,(H,28,31)(H,30,32). The van der Waals surface area contributed by atoms with Gasteiger partial charge in [-0.15, -0.1) is 0 Å². The smallest absolute Gasteiger partial charge is 0.329 e. The molecule has 0 heterocycles. The molecule has 34 heavy (non-hydrogen) atoms. The molecule has 0 saturated carbocycles. The number of hydrazone groups is 1. The van der Waals surface area contributed by atoms with Crippen molar-refractivity contribution in [3.63, 3.8) is 0 Å². The van der Waals surface area contributed by atoms with Gasteiger partial charge in [-0.3, -0.25) is 9.59 Å². The highest BCUT2D eigenvalue weighted by molar-refractivity contribution is 6.39. The molecule has 3 aromatic rings. The van der Waals surface area contributed by atoms with Crippen LogP contribution in [0.3, 0.4) is 0 Å². The van der Waals surface area contributed by atoms with E-state index in [0.717, 1.165) is 16.7 Å². The van der Waals surface area contributed by atoms with Crippen molar-refractivity contribution in [2.24, 2.45) is 5.10 Å². The third-order valence-electron chi connectivity index (χ3n) is 5.14. The molecule has 0 aliphatic rings. The Hall–Kier alpha value is -3.84. The van der Waals surface area contributed by atoms with E-state index < -0.39 is 11.8 Å². The van der Waals surface area contributed by atoms with Crippen LogP contribution >= 0.6 is 11.6 Å². The third kappa shape index (κ3) is 6.36. The molecule has 0 unspecified atom stereocenters. The van der Waals surface area contributed by atoms with Gasteiger partial charge in [-0.1, -0.05) is 41.9 Å². The zero-order valence-corrected chi connectivity index (χ0v) is 20.2. The number of methoxy groups -OCH3 is 1. The van der Waals surface area contributed by atoms with Gasteiger partial charge in [-0.25, -0.2) is 5.43 Å². The number of carbonyl (C=O) groups is 2. The number of anilines is 1. The van der Waals surface area contributed by atoms with Crippen molar-refractivity contribution in [1.29, 1.82) is 0 Å². The fourth-order valence-corrected chi connectivity index (χ4v) is 3.31. The first-order chi connectivity index (χ1) is 16.3. The summed E-state index contributed by atoms with van der Waals surface area (Å²) in [5, 5.41) is 7.35. The topological polar surface area (TPSA) is 89.0 Å². The first-order valence-electron chi connectivity index (χ1n) is 10.6. The Morgan fingerprint density at radius 2 is 1.62 bits per heavy atom. The van der Waals surface area contributed by atoms with Gasteiger partial charge >= 0.3 is 11.8 Å². The summed E-state index contributed by atoms with van der Waals surface area (Å²) in [4.78, 5) is 24.5.